The van der Waals surface area contributed by atoms with Gasteiger partial charge in [-0.2, -0.15) is 0 Å². The van der Waals surface area contributed by atoms with Gasteiger partial charge >= 0.3 is 0 Å². The Morgan fingerprint density at radius 3 is 2.40 bits per heavy atom. The molecular formula is C26H19Cl2FN2O4. The molecule has 1 saturated heterocycles. The van der Waals surface area contributed by atoms with Crippen LogP contribution in [-0.2, 0) is 9.59 Å². The zero-order chi connectivity index (χ0) is 24.9. The number of rotatable bonds is 3. The summed E-state index contributed by atoms with van der Waals surface area (Å²) in [4.78, 5) is 29.7. The molecule has 35 heavy (non-hydrogen) atoms. The van der Waals surface area contributed by atoms with Crippen molar-refractivity contribution in [3.8, 4) is 5.75 Å². The van der Waals surface area contributed by atoms with Gasteiger partial charge in [-0.1, -0.05) is 35.3 Å². The molecule has 0 saturated carbocycles. The molecule has 2 aliphatic heterocycles. The number of ether oxygens (including phenoxy) is 1. The summed E-state index contributed by atoms with van der Waals surface area (Å²) in [5.74, 6) is -1.92. The van der Waals surface area contributed by atoms with Crippen LogP contribution in [0.1, 0.15) is 17.2 Å². The van der Waals surface area contributed by atoms with Gasteiger partial charge in [-0.25, -0.2) is 4.39 Å². The first kappa shape index (κ1) is 23.2. The van der Waals surface area contributed by atoms with Crippen LogP contribution >= 0.6 is 23.2 Å². The maximum Gasteiger partial charge on any atom is 0.300 e. The molecule has 0 radical (unpaired) electrons. The van der Waals surface area contributed by atoms with E-state index in [1.54, 1.807) is 18.2 Å². The largest absolute Gasteiger partial charge is 0.507 e. The number of hydrogen-bond acceptors (Lipinski definition) is 5. The monoisotopic (exact) mass is 512 g/mol. The number of fused-ring (bicyclic) bond motifs is 1. The highest BCUT2D eigenvalue weighted by atomic mass is 35.5. The van der Waals surface area contributed by atoms with Crippen molar-refractivity contribution in [2.75, 3.05) is 30.0 Å². The molecular weight excluding hydrogens is 494 g/mol. The van der Waals surface area contributed by atoms with Crippen LogP contribution in [0, 0.1) is 5.82 Å². The number of likely N-dealkylation sites (N-methyl/N-ethyl adjacent to an activating group) is 1. The SMILES string of the molecule is CN1CCOc2ccc(/C(O)=C3/C(=O)C(=O)N(c4cc(Cl)cc(Cl)c4)C3c3ccc(F)cc3)cc21. The van der Waals surface area contributed by atoms with Crippen molar-refractivity contribution in [1.29, 1.82) is 0 Å². The molecule has 2 heterocycles. The number of Topliss-reactive ketones (excluding diaryl/α,β-unsaturated/α-hetero) is 1. The van der Waals surface area contributed by atoms with E-state index in [1.807, 2.05) is 11.9 Å². The summed E-state index contributed by atoms with van der Waals surface area (Å²) in [6, 6.07) is 13.9. The van der Waals surface area contributed by atoms with Gasteiger partial charge in [0.2, 0.25) is 0 Å². The van der Waals surface area contributed by atoms with Crippen molar-refractivity contribution in [2.24, 2.45) is 0 Å². The highest BCUT2D eigenvalue weighted by Gasteiger charge is 2.47. The molecule has 1 amide bonds. The number of nitrogens with zero attached hydrogens (tertiary/aromatic N) is 2. The number of carbonyl (C=O) groups excluding carboxylic acids is 2. The van der Waals surface area contributed by atoms with E-state index < -0.39 is 23.5 Å². The van der Waals surface area contributed by atoms with Crippen molar-refractivity contribution in [1.82, 2.24) is 0 Å². The minimum absolute atomic E-state index is 0.128. The van der Waals surface area contributed by atoms with Crippen molar-refractivity contribution < 1.29 is 23.8 Å². The smallest absolute Gasteiger partial charge is 0.300 e. The van der Waals surface area contributed by atoms with Crippen LogP contribution < -0.4 is 14.5 Å². The molecule has 1 fully saturated rings. The van der Waals surface area contributed by atoms with E-state index in [2.05, 4.69) is 0 Å². The Bertz CT molecular complexity index is 1370. The van der Waals surface area contributed by atoms with Gasteiger partial charge in [0.1, 0.15) is 23.9 Å². The molecule has 6 nitrogen and oxygen atoms in total. The van der Waals surface area contributed by atoms with Crippen molar-refractivity contribution >= 4 is 52.0 Å². The maximum atomic E-state index is 13.7. The number of carbonyl (C=O) groups is 2. The molecule has 9 heteroatoms. The van der Waals surface area contributed by atoms with E-state index in [-0.39, 0.29) is 27.1 Å². The second-order valence-corrected chi connectivity index (χ2v) is 9.17. The molecule has 1 N–H and O–H groups in total. The lowest BCUT2D eigenvalue weighted by Gasteiger charge is -2.28. The Morgan fingerprint density at radius 2 is 1.71 bits per heavy atom. The summed E-state index contributed by atoms with van der Waals surface area (Å²) in [7, 11) is 1.89. The number of anilines is 2. The van der Waals surface area contributed by atoms with E-state index >= 15 is 0 Å². The van der Waals surface area contributed by atoms with Gasteiger partial charge in [0.05, 0.1) is 23.8 Å². The topological polar surface area (TPSA) is 70.1 Å². The second kappa shape index (κ2) is 8.91. The zero-order valence-electron chi connectivity index (χ0n) is 18.5. The first-order chi connectivity index (χ1) is 16.7. The molecule has 0 bridgehead atoms. The quantitative estimate of drug-likeness (QED) is 0.281. The summed E-state index contributed by atoms with van der Waals surface area (Å²) in [6.07, 6.45) is 0. The highest BCUT2D eigenvalue weighted by Crippen LogP contribution is 2.44. The van der Waals surface area contributed by atoms with Gasteiger partial charge in [-0.3, -0.25) is 14.5 Å². The summed E-state index contributed by atoms with van der Waals surface area (Å²) in [5.41, 5.74) is 1.67. The lowest BCUT2D eigenvalue weighted by Crippen LogP contribution is -2.29. The lowest BCUT2D eigenvalue weighted by molar-refractivity contribution is -0.132. The normalized spacial score (nSPS) is 19.0. The Kier molecular flexibility index (Phi) is 5.91. The van der Waals surface area contributed by atoms with Crippen molar-refractivity contribution in [3.63, 3.8) is 0 Å². The van der Waals surface area contributed by atoms with Crippen LogP contribution in [-0.4, -0.2) is 37.0 Å². The maximum absolute atomic E-state index is 13.7. The standard InChI is InChI=1S/C26H19Cl2FN2O4/c1-30-8-9-35-21-7-4-15(10-20(21)30)24(32)22-23(14-2-5-18(29)6-3-14)31(26(34)25(22)33)19-12-16(27)11-17(28)13-19/h2-7,10-13,23,32H,8-9H2,1H3/b24-22-. The van der Waals surface area contributed by atoms with Crippen molar-refractivity contribution in [3.05, 3.63) is 93.2 Å². The summed E-state index contributed by atoms with van der Waals surface area (Å²) < 4.78 is 19.4. The van der Waals surface area contributed by atoms with Crippen LogP contribution in [0.5, 0.6) is 5.75 Å². The van der Waals surface area contributed by atoms with Crippen LogP contribution in [0.25, 0.3) is 5.76 Å². The van der Waals surface area contributed by atoms with E-state index in [0.717, 1.165) is 5.69 Å². The second-order valence-electron chi connectivity index (χ2n) is 8.30. The Labute approximate surface area is 210 Å². The predicted molar refractivity (Wildman–Crippen MR) is 133 cm³/mol. The Hall–Kier alpha value is -3.55. The number of amides is 1. The lowest BCUT2D eigenvalue weighted by atomic mass is 9.94. The van der Waals surface area contributed by atoms with E-state index in [4.69, 9.17) is 27.9 Å². The third-order valence-corrected chi connectivity index (χ3v) is 6.52. The van der Waals surface area contributed by atoms with Crippen LogP contribution in [0.2, 0.25) is 10.0 Å². The molecule has 1 unspecified atom stereocenters. The summed E-state index contributed by atoms with van der Waals surface area (Å²) >= 11 is 12.3. The minimum Gasteiger partial charge on any atom is -0.507 e. The Morgan fingerprint density at radius 1 is 1.03 bits per heavy atom. The van der Waals surface area contributed by atoms with Gasteiger partial charge in [0.25, 0.3) is 11.7 Å². The molecule has 0 spiro atoms. The van der Waals surface area contributed by atoms with Gasteiger partial charge in [-0.15, -0.1) is 0 Å². The number of aliphatic hydroxyl groups is 1. The molecule has 1 atom stereocenters. The molecule has 0 aromatic heterocycles. The van der Waals surface area contributed by atoms with Crippen LogP contribution in [0.4, 0.5) is 15.8 Å². The van der Waals surface area contributed by atoms with E-state index in [0.29, 0.717) is 30.0 Å². The number of aliphatic hydroxyl groups excluding tert-OH is 1. The fraction of sp³-hybridized carbons (Fsp3) is 0.154. The van der Waals surface area contributed by atoms with E-state index in [9.17, 15) is 19.1 Å². The minimum atomic E-state index is -1.03. The average molecular weight is 513 g/mol. The molecule has 3 aromatic carbocycles. The van der Waals surface area contributed by atoms with Crippen LogP contribution in [0.3, 0.4) is 0 Å². The number of hydrogen-bond donors (Lipinski definition) is 1. The van der Waals surface area contributed by atoms with E-state index in [1.165, 1.54) is 47.4 Å². The first-order valence-corrected chi connectivity index (χ1v) is 11.5. The third-order valence-electron chi connectivity index (χ3n) is 6.08. The first-order valence-electron chi connectivity index (χ1n) is 10.8. The van der Waals surface area contributed by atoms with Gasteiger partial charge in [-0.05, 0) is 54.1 Å². The fourth-order valence-electron chi connectivity index (χ4n) is 4.39. The van der Waals surface area contributed by atoms with Gasteiger partial charge < -0.3 is 14.7 Å². The number of benzene rings is 3. The van der Waals surface area contributed by atoms with Crippen LogP contribution in [0.15, 0.2) is 66.2 Å². The predicted octanol–water partition coefficient (Wildman–Crippen LogP) is 5.59. The fourth-order valence-corrected chi connectivity index (χ4v) is 4.91. The van der Waals surface area contributed by atoms with Gasteiger partial charge in [0, 0.05) is 28.3 Å². The highest BCUT2D eigenvalue weighted by molar-refractivity contribution is 6.52. The van der Waals surface area contributed by atoms with Crippen molar-refractivity contribution in [2.45, 2.75) is 6.04 Å². The molecule has 0 aliphatic carbocycles. The average Bonchev–Trinajstić information content (AvgIpc) is 3.09. The zero-order valence-corrected chi connectivity index (χ0v) is 20.0. The molecule has 5 rings (SSSR count). The summed E-state index contributed by atoms with van der Waals surface area (Å²) in [5, 5.41) is 11.9. The number of halogens is 3. The Balaban J connectivity index is 1.71. The molecule has 2 aliphatic rings. The number of ketones is 1. The summed E-state index contributed by atoms with van der Waals surface area (Å²) in [6.45, 7) is 1.19. The van der Waals surface area contributed by atoms with Gasteiger partial charge in [0.15, 0.2) is 0 Å². The third kappa shape index (κ3) is 4.11. The molecule has 178 valence electrons. The molecule has 3 aromatic rings.